The summed E-state index contributed by atoms with van der Waals surface area (Å²) in [6, 6.07) is 2.97. The van der Waals surface area contributed by atoms with Gasteiger partial charge in [-0.15, -0.1) is 0 Å². The highest BCUT2D eigenvalue weighted by Crippen LogP contribution is 2.28. The zero-order chi connectivity index (χ0) is 15.5. The number of amides is 1. The third kappa shape index (κ3) is 4.58. The van der Waals surface area contributed by atoms with Crippen LogP contribution in [-0.2, 0) is 11.3 Å². The summed E-state index contributed by atoms with van der Waals surface area (Å²) in [5.74, 6) is -1.22. The summed E-state index contributed by atoms with van der Waals surface area (Å²) in [5.41, 5.74) is -0.351. The fourth-order valence-electron chi connectivity index (χ4n) is 1.41. The van der Waals surface area contributed by atoms with Crippen LogP contribution in [0.3, 0.4) is 0 Å². The monoisotopic (exact) mass is 319 g/mol. The highest BCUT2D eigenvalue weighted by molar-refractivity contribution is 6.39. The molecule has 0 saturated heterocycles. The Labute approximate surface area is 126 Å². The van der Waals surface area contributed by atoms with Gasteiger partial charge < -0.3 is 15.2 Å². The molecule has 20 heavy (non-hydrogen) atoms. The number of rotatable bonds is 3. The number of carbonyl (C=O) groups excluding carboxylic acids is 1. The zero-order valence-electron chi connectivity index (χ0n) is 11.3. The second-order valence-corrected chi connectivity index (χ2v) is 5.84. The first kappa shape index (κ1) is 16.6. The van der Waals surface area contributed by atoms with Crippen molar-refractivity contribution in [2.75, 3.05) is 0 Å². The van der Waals surface area contributed by atoms with Gasteiger partial charge in [-0.2, -0.15) is 0 Å². The van der Waals surface area contributed by atoms with Crippen molar-refractivity contribution in [3.05, 3.63) is 33.3 Å². The van der Waals surface area contributed by atoms with Crippen molar-refractivity contribution in [2.24, 2.45) is 0 Å². The van der Waals surface area contributed by atoms with Crippen LogP contribution in [0.15, 0.2) is 12.1 Å². The van der Waals surface area contributed by atoms with E-state index < -0.39 is 17.7 Å². The first-order valence-corrected chi connectivity index (χ1v) is 6.54. The highest BCUT2D eigenvalue weighted by atomic mass is 35.5. The summed E-state index contributed by atoms with van der Waals surface area (Å²) in [6.07, 6.45) is -0.611. The first-order chi connectivity index (χ1) is 9.11. The zero-order valence-corrected chi connectivity index (χ0v) is 12.8. The Hall–Kier alpha value is -1.46. The van der Waals surface area contributed by atoms with Crippen LogP contribution in [-0.4, -0.2) is 22.8 Å². The molecule has 0 radical (unpaired) electrons. The van der Waals surface area contributed by atoms with Gasteiger partial charge in [-0.3, -0.25) is 0 Å². The van der Waals surface area contributed by atoms with Crippen LogP contribution in [0.4, 0.5) is 4.79 Å². The molecule has 0 spiro atoms. The lowest BCUT2D eigenvalue weighted by Gasteiger charge is -2.20. The fourth-order valence-corrected chi connectivity index (χ4v) is 2.01. The third-order valence-corrected chi connectivity index (χ3v) is 2.95. The summed E-state index contributed by atoms with van der Waals surface area (Å²) in [6.45, 7) is 5.27. The van der Waals surface area contributed by atoms with Crippen LogP contribution in [0.25, 0.3) is 0 Å². The molecule has 1 aromatic carbocycles. The van der Waals surface area contributed by atoms with Crippen molar-refractivity contribution in [1.82, 2.24) is 5.32 Å². The van der Waals surface area contributed by atoms with Crippen molar-refractivity contribution in [2.45, 2.75) is 32.9 Å². The molecule has 0 unspecified atom stereocenters. The summed E-state index contributed by atoms with van der Waals surface area (Å²) in [5, 5.41) is 11.6. The molecule has 0 aliphatic heterocycles. The predicted molar refractivity (Wildman–Crippen MR) is 76.5 cm³/mol. The molecule has 7 heteroatoms. The van der Waals surface area contributed by atoms with Crippen LogP contribution < -0.4 is 5.32 Å². The quantitative estimate of drug-likeness (QED) is 0.890. The molecule has 2 N–H and O–H groups in total. The number of carboxylic acids is 1. The Kier molecular flexibility index (Phi) is 5.25. The molecule has 1 amide bonds. The normalized spacial score (nSPS) is 11.1. The number of carboxylic acid groups (broad SMARTS) is 1. The molecule has 0 saturated carbocycles. The van der Waals surface area contributed by atoms with Gasteiger partial charge in [0.05, 0.1) is 15.6 Å². The van der Waals surface area contributed by atoms with E-state index in [9.17, 15) is 9.59 Å². The van der Waals surface area contributed by atoms with E-state index in [1.165, 1.54) is 6.07 Å². The number of carbonyl (C=O) groups is 2. The Morgan fingerprint density at radius 3 is 2.40 bits per heavy atom. The van der Waals surface area contributed by atoms with Gasteiger partial charge in [0.2, 0.25) is 0 Å². The van der Waals surface area contributed by atoms with E-state index in [0.717, 1.165) is 0 Å². The molecule has 0 bridgehead atoms. The maximum Gasteiger partial charge on any atom is 0.407 e. The van der Waals surface area contributed by atoms with E-state index in [2.05, 4.69) is 5.32 Å². The maximum absolute atomic E-state index is 11.5. The Morgan fingerprint density at radius 1 is 1.30 bits per heavy atom. The van der Waals surface area contributed by atoms with Crippen LogP contribution >= 0.6 is 23.2 Å². The van der Waals surface area contributed by atoms with E-state index in [1.54, 1.807) is 26.8 Å². The van der Waals surface area contributed by atoms with Gasteiger partial charge in [0.15, 0.2) is 0 Å². The molecular weight excluding hydrogens is 305 g/mol. The van der Waals surface area contributed by atoms with Gasteiger partial charge >= 0.3 is 12.1 Å². The smallest absolute Gasteiger partial charge is 0.407 e. The van der Waals surface area contributed by atoms with Crippen molar-refractivity contribution < 1.29 is 19.4 Å². The predicted octanol–water partition coefficient (Wildman–Crippen LogP) is 3.72. The van der Waals surface area contributed by atoms with E-state index in [1.807, 2.05) is 0 Å². The van der Waals surface area contributed by atoms with Gasteiger partial charge in [0.1, 0.15) is 5.60 Å². The average Bonchev–Trinajstić information content (AvgIpc) is 2.25. The number of hydrogen-bond acceptors (Lipinski definition) is 3. The van der Waals surface area contributed by atoms with Crippen molar-refractivity contribution in [1.29, 1.82) is 0 Å². The molecule has 0 heterocycles. The van der Waals surface area contributed by atoms with Gasteiger partial charge in [-0.25, -0.2) is 9.59 Å². The molecule has 1 aromatic rings. The Morgan fingerprint density at radius 2 is 1.90 bits per heavy atom. The number of alkyl carbamates (subject to hydrolysis) is 1. The first-order valence-electron chi connectivity index (χ1n) is 5.79. The molecule has 0 aliphatic rings. The number of ether oxygens (including phenoxy) is 1. The molecule has 0 atom stereocenters. The standard InChI is InChI=1S/C13H15Cl2NO4/c1-13(2,3)20-12(19)16-6-7-4-5-8(14)9(10(7)15)11(17)18/h4-5H,6H2,1-3H3,(H,16,19)(H,17,18). The van der Waals surface area contributed by atoms with E-state index in [4.69, 9.17) is 33.0 Å². The molecule has 0 aromatic heterocycles. The summed E-state index contributed by atoms with van der Waals surface area (Å²) in [7, 11) is 0. The molecular formula is C13H15Cl2NO4. The van der Waals surface area contributed by atoms with Crippen LogP contribution in [0.1, 0.15) is 36.7 Å². The number of hydrogen-bond donors (Lipinski definition) is 2. The fraction of sp³-hybridized carbons (Fsp3) is 0.385. The lowest BCUT2D eigenvalue weighted by molar-refractivity contribution is 0.0523. The number of aromatic carboxylic acids is 1. The lowest BCUT2D eigenvalue weighted by atomic mass is 10.1. The largest absolute Gasteiger partial charge is 0.478 e. The molecule has 0 fully saturated rings. The summed E-state index contributed by atoms with van der Waals surface area (Å²) < 4.78 is 5.07. The Balaban J connectivity index is 2.82. The van der Waals surface area contributed by atoms with Gasteiger partial charge in [-0.1, -0.05) is 29.3 Å². The summed E-state index contributed by atoms with van der Waals surface area (Å²) in [4.78, 5) is 22.5. The van der Waals surface area contributed by atoms with Gasteiger partial charge in [-0.05, 0) is 32.4 Å². The number of nitrogens with one attached hydrogen (secondary N) is 1. The van der Waals surface area contributed by atoms with Crippen LogP contribution in [0.5, 0.6) is 0 Å². The van der Waals surface area contributed by atoms with Gasteiger partial charge in [0.25, 0.3) is 0 Å². The topological polar surface area (TPSA) is 75.6 Å². The minimum absolute atomic E-state index is 0.000980. The van der Waals surface area contributed by atoms with Crippen molar-refractivity contribution in [3.63, 3.8) is 0 Å². The second kappa shape index (κ2) is 6.33. The molecule has 0 aliphatic carbocycles. The van der Waals surface area contributed by atoms with Crippen molar-refractivity contribution >= 4 is 35.3 Å². The second-order valence-electron chi connectivity index (χ2n) is 5.06. The van der Waals surface area contributed by atoms with E-state index in [-0.39, 0.29) is 22.2 Å². The highest BCUT2D eigenvalue weighted by Gasteiger charge is 2.19. The SMILES string of the molecule is CC(C)(C)OC(=O)NCc1ccc(Cl)c(C(=O)O)c1Cl. The average molecular weight is 320 g/mol. The van der Waals surface area contributed by atoms with Crippen molar-refractivity contribution in [3.8, 4) is 0 Å². The Bertz CT molecular complexity index is 538. The van der Waals surface area contributed by atoms with Gasteiger partial charge in [0, 0.05) is 6.54 Å². The minimum atomic E-state index is -1.22. The molecule has 110 valence electrons. The summed E-state index contributed by atoms with van der Waals surface area (Å²) >= 11 is 11.7. The number of halogens is 2. The minimum Gasteiger partial charge on any atom is -0.478 e. The van der Waals surface area contributed by atoms with E-state index in [0.29, 0.717) is 5.56 Å². The van der Waals surface area contributed by atoms with E-state index >= 15 is 0 Å². The third-order valence-electron chi connectivity index (χ3n) is 2.21. The van der Waals surface area contributed by atoms with Crippen LogP contribution in [0.2, 0.25) is 10.0 Å². The maximum atomic E-state index is 11.5. The lowest BCUT2D eigenvalue weighted by Crippen LogP contribution is -2.32. The number of benzene rings is 1. The van der Waals surface area contributed by atoms with Crippen LogP contribution in [0, 0.1) is 0 Å². The molecule has 1 rings (SSSR count). The molecule has 5 nitrogen and oxygen atoms in total.